The summed E-state index contributed by atoms with van der Waals surface area (Å²) in [5.41, 5.74) is 2.79. The molecule has 0 unspecified atom stereocenters. The number of fused-ring (bicyclic) bond motifs is 2. The van der Waals surface area contributed by atoms with E-state index in [1.807, 2.05) is 18.3 Å². The molecule has 1 amide bonds. The Kier molecular flexibility index (Phi) is 4.56. The fraction of sp³-hybridized carbons (Fsp3) is 0.227. The van der Waals surface area contributed by atoms with Crippen molar-refractivity contribution in [3.63, 3.8) is 0 Å². The van der Waals surface area contributed by atoms with Gasteiger partial charge in [-0.05, 0) is 42.3 Å². The van der Waals surface area contributed by atoms with Crippen LogP contribution in [0.1, 0.15) is 40.0 Å². The molecule has 4 aromatic rings. The van der Waals surface area contributed by atoms with Crippen LogP contribution in [0, 0.1) is 0 Å². The lowest BCUT2D eigenvalue weighted by atomic mass is 10.0. The number of aromatic nitrogens is 4. The van der Waals surface area contributed by atoms with Gasteiger partial charge in [0.2, 0.25) is 0 Å². The lowest BCUT2D eigenvalue weighted by Gasteiger charge is -2.18. The van der Waals surface area contributed by atoms with Crippen molar-refractivity contribution in [3.05, 3.63) is 82.5 Å². The number of H-pyrrole nitrogens is 1. The number of halogens is 1. The summed E-state index contributed by atoms with van der Waals surface area (Å²) in [6.45, 7) is 0.888. The third kappa shape index (κ3) is 3.40. The first kappa shape index (κ1) is 17.9. The summed E-state index contributed by atoms with van der Waals surface area (Å²) in [6.07, 6.45) is 4.62. The van der Waals surface area contributed by atoms with Crippen molar-refractivity contribution in [3.8, 4) is 0 Å². The Hall–Kier alpha value is -3.12. The molecule has 29 heavy (non-hydrogen) atoms. The van der Waals surface area contributed by atoms with Crippen LogP contribution in [-0.4, -0.2) is 25.7 Å². The average molecular weight is 406 g/mol. The van der Waals surface area contributed by atoms with E-state index in [9.17, 15) is 4.79 Å². The first-order chi connectivity index (χ1) is 14.2. The first-order valence-corrected chi connectivity index (χ1v) is 10.1. The van der Waals surface area contributed by atoms with Crippen molar-refractivity contribution in [2.75, 3.05) is 0 Å². The molecule has 2 aromatic carbocycles. The molecule has 2 N–H and O–H groups in total. The Labute approximate surface area is 172 Å². The highest BCUT2D eigenvalue weighted by atomic mass is 35.5. The monoisotopic (exact) mass is 405 g/mol. The molecular weight excluding hydrogens is 386 g/mol. The number of rotatable bonds is 5. The number of nitrogens with zero attached hydrogens (tertiary/aromatic N) is 3. The summed E-state index contributed by atoms with van der Waals surface area (Å²) in [5, 5.41) is 13.7. The molecule has 0 bridgehead atoms. The lowest BCUT2D eigenvalue weighted by molar-refractivity contribution is 0.0934. The minimum Gasteiger partial charge on any atom is -0.361 e. The van der Waals surface area contributed by atoms with Gasteiger partial charge in [-0.3, -0.25) is 4.79 Å². The van der Waals surface area contributed by atoms with Crippen molar-refractivity contribution in [2.24, 2.45) is 0 Å². The molecule has 0 saturated heterocycles. The zero-order valence-corrected chi connectivity index (χ0v) is 16.5. The van der Waals surface area contributed by atoms with Gasteiger partial charge in [-0.15, -0.1) is 10.2 Å². The van der Waals surface area contributed by atoms with Crippen LogP contribution in [0.2, 0.25) is 5.02 Å². The number of carbonyl (C=O) groups is 1. The topological polar surface area (TPSA) is 75.6 Å². The van der Waals surface area contributed by atoms with E-state index in [-0.39, 0.29) is 11.9 Å². The van der Waals surface area contributed by atoms with Gasteiger partial charge < -0.3 is 14.9 Å². The van der Waals surface area contributed by atoms with E-state index >= 15 is 0 Å². The van der Waals surface area contributed by atoms with Gasteiger partial charge in [0.25, 0.3) is 5.91 Å². The molecule has 1 aliphatic rings. The highest BCUT2D eigenvalue weighted by molar-refractivity contribution is 6.30. The number of aromatic amines is 1. The number of benzene rings is 2. The predicted molar refractivity (Wildman–Crippen MR) is 112 cm³/mol. The molecule has 2 aromatic heterocycles. The predicted octanol–water partition coefficient (Wildman–Crippen LogP) is 4.07. The molecular formula is C22H20ClN5O. The summed E-state index contributed by atoms with van der Waals surface area (Å²) in [7, 11) is 0. The van der Waals surface area contributed by atoms with Gasteiger partial charge in [-0.1, -0.05) is 29.8 Å². The van der Waals surface area contributed by atoms with E-state index in [0.717, 1.165) is 47.5 Å². The van der Waals surface area contributed by atoms with Crippen LogP contribution in [0.5, 0.6) is 0 Å². The van der Waals surface area contributed by atoms with Gasteiger partial charge in [-0.25, -0.2) is 0 Å². The second kappa shape index (κ2) is 7.37. The SMILES string of the molecule is O=C(N[C@@H](Cc1c[nH]c2ccccc12)c1nnc2n1CCC2)c1ccc(Cl)cc1. The Morgan fingerprint density at radius 1 is 1.17 bits per heavy atom. The van der Waals surface area contributed by atoms with E-state index in [1.54, 1.807) is 24.3 Å². The zero-order chi connectivity index (χ0) is 19.8. The van der Waals surface area contributed by atoms with Crippen molar-refractivity contribution in [1.82, 2.24) is 25.1 Å². The molecule has 0 fully saturated rings. The Morgan fingerprint density at radius 3 is 2.86 bits per heavy atom. The summed E-state index contributed by atoms with van der Waals surface area (Å²) in [4.78, 5) is 16.2. The minimum atomic E-state index is -0.281. The number of nitrogens with one attached hydrogen (secondary N) is 2. The molecule has 3 heterocycles. The smallest absolute Gasteiger partial charge is 0.251 e. The van der Waals surface area contributed by atoms with Gasteiger partial charge in [0, 0.05) is 47.1 Å². The molecule has 0 spiro atoms. The summed E-state index contributed by atoms with van der Waals surface area (Å²) in [6, 6.07) is 14.8. The van der Waals surface area contributed by atoms with Crippen molar-refractivity contribution in [2.45, 2.75) is 31.8 Å². The number of aryl methyl sites for hydroxylation is 1. The molecule has 0 aliphatic carbocycles. The normalized spacial score (nSPS) is 14.1. The van der Waals surface area contributed by atoms with Gasteiger partial charge >= 0.3 is 0 Å². The van der Waals surface area contributed by atoms with E-state index in [0.29, 0.717) is 17.0 Å². The maximum Gasteiger partial charge on any atom is 0.251 e. The van der Waals surface area contributed by atoms with Gasteiger partial charge in [0.1, 0.15) is 5.82 Å². The van der Waals surface area contributed by atoms with Crippen LogP contribution >= 0.6 is 11.6 Å². The van der Waals surface area contributed by atoms with E-state index in [2.05, 4.69) is 37.2 Å². The van der Waals surface area contributed by atoms with Crippen LogP contribution in [0.3, 0.4) is 0 Å². The second-order valence-electron chi connectivity index (χ2n) is 7.33. The van der Waals surface area contributed by atoms with Crippen LogP contribution in [-0.2, 0) is 19.4 Å². The highest BCUT2D eigenvalue weighted by Gasteiger charge is 2.26. The van der Waals surface area contributed by atoms with Gasteiger partial charge in [-0.2, -0.15) is 0 Å². The number of hydrogen-bond donors (Lipinski definition) is 2. The third-order valence-corrected chi connectivity index (χ3v) is 5.71. The Bertz CT molecular complexity index is 1180. The summed E-state index contributed by atoms with van der Waals surface area (Å²) in [5.74, 6) is 1.65. The molecule has 5 rings (SSSR count). The minimum absolute atomic E-state index is 0.151. The van der Waals surface area contributed by atoms with E-state index in [1.165, 1.54) is 0 Å². The molecule has 6 nitrogen and oxygen atoms in total. The lowest BCUT2D eigenvalue weighted by Crippen LogP contribution is -2.32. The van der Waals surface area contributed by atoms with Crippen molar-refractivity contribution < 1.29 is 4.79 Å². The molecule has 7 heteroatoms. The fourth-order valence-electron chi connectivity index (χ4n) is 4.00. The van der Waals surface area contributed by atoms with Crippen LogP contribution in [0.25, 0.3) is 10.9 Å². The molecule has 1 atom stereocenters. The third-order valence-electron chi connectivity index (χ3n) is 5.46. The van der Waals surface area contributed by atoms with Crippen molar-refractivity contribution >= 4 is 28.4 Å². The van der Waals surface area contributed by atoms with Gasteiger partial charge in [0.15, 0.2) is 5.82 Å². The van der Waals surface area contributed by atoms with E-state index in [4.69, 9.17) is 11.6 Å². The quantitative estimate of drug-likeness (QED) is 0.525. The zero-order valence-electron chi connectivity index (χ0n) is 15.7. The highest BCUT2D eigenvalue weighted by Crippen LogP contribution is 2.26. The molecule has 0 saturated carbocycles. The summed E-state index contributed by atoms with van der Waals surface area (Å²) < 4.78 is 2.14. The molecule has 0 radical (unpaired) electrons. The number of para-hydroxylation sites is 1. The second-order valence-corrected chi connectivity index (χ2v) is 7.76. The van der Waals surface area contributed by atoms with Gasteiger partial charge in [0.05, 0.1) is 6.04 Å². The molecule has 146 valence electrons. The average Bonchev–Trinajstić information content (AvgIpc) is 3.44. The summed E-state index contributed by atoms with van der Waals surface area (Å²) >= 11 is 5.96. The maximum absolute atomic E-state index is 12.9. The number of carbonyl (C=O) groups excluding carboxylic acids is 1. The number of hydrogen-bond acceptors (Lipinski definition) is 3. The van der Waals surface area contributed by atoms with Crippen LogP contribution < -0.4 is 5.32 Å². The molecule has 1 aliphatic heterocycles. The van der Waals surface area contributed by atoms with Crippen molar-refractivity contribution in [1.29, 1.82) is 0 Å². The van der Waals surface area contributed by atoms with E-state index < -0.39 is 0 Å². The Balaban J connectivity index is 1.49. The number of amides is 1. The first-order valence-electron chi connectivity index (χ1n) is 9.72. The largest absolute Gasteiger partial charge is 0.361 e. The standard InChI is InChI=1S/C22H20ClN5O/c23-16-9-7-14(8-10-16)22(29)25-19(21-27-26-20-6-3-11-28(20)21)12-15-13-24-18-5-2-1-4-17(15)18/h1-2,4-5,7-10,13,19,24H,3,6,11-12H2,(H,25,29)/t19-/m0/s1. The van der Waals surface area contributed by atoms with Crippen LogP contribution in [0.4, 0.5) is 0 Å². The Morgan fingerprint density at radius 2 is 2.00 bits per heavy atom. The van der Waals surface area contributed by atoms with Crippen LogP contribution in [0.15, 0.2) is 54.7 Å². The maximum atomic E-state index is 12.9. The fourth-order valence-corrected chi connectivity index (χ4v) is 4.13.